The van der Waals surface area contributed by atoms with Gasteiger partial charge >= 0.3 is 6.09 Å². The van der Waals surface area contributed by atoms with Crippen LogP contribution < -0.4 is 10.1 Å². The Hall–Kier alpha value is -3.00. The van der Waals surface area contributed by atoms with Crippen molar-refractivity contribution in [3.8, 4) is 23.8 Å². The van der Waals surface area contributed by atoms with Crippen LogP contribution in [0, 0.1) is 18.2 Å². The first kappa shape index (κ1) is 13.4. The lowest BCUT2D eigenvalue weighted by atomic mass is 10.2. The zero-order chi connectivity index (χ0) is 14.5. The van der Waals surface area contributed by atoms with Crippen LogP contribution in [0.15, 0.2) is 42.5 Å². The molecule has 0 spiro atoms. The third-order valence-electron chi connectivity index (χ3n) is 2.42. The Bertz CT molecular complexity index is 692. The molecular weight excluding hydrogens is 261 g/mol. The molecule has 0 saturated heterocycles. The largest absolute Gasteiger partial charge is 0.465 e. The predicted molar refractivity (Wildman–Crippen MR) is 72.5 cm³/mol. The van der Waals surface area contributed by atoms with E-state index < -0.39 is 11.9 Å². The third-order valence-corrected chi connectivity index (χ3v) is 2.42. The van der Waals surface area contributed by atoms with Gasteiger partial charge in [-0.15, -0.1) is 6.42 Å². The first-order chi connectivity index (χ1) is 9.58. The summed E-state index contributed by atoms with van der Waals surface area (Å²) in [5, 5.41) is 10.5. The fourth-order valence-corrected chi connectivity index (χ4v) is 1.56. The van der Waals surface area contributed by atoms with Gasteiger partial charge in [0, 0.05) is 11.6 Å². The van der Waals surface area contributed by atoms with E-state index in [1.54, 1.807) is 24.3 Å². The molecule has 2 N–H and O–H groups in total. The lowest BCUT2D eigenvalue weighted by Crippen LogP contribution is -2.08. The molecule has 2 aromatic carbocycles. The van der Waals surface area contributed by atoms with E-state index in [2.05, 4.69) is 5.92 Å². The Morgan fingerprint density at radius 3 is 2.65 bits per heavy atom. The second-order valence-corrected chi connectivity index (χ2v) is 3.85. The number of rotatable bonds is 3. The summed E-state index contributed by atoms with van der Waals surface area (Å²) in [6.45, 7) is 0. The summed E-state index contributed by atoms with van der Waals surface area (Å²) in [6.07, 6.45) is 3.94. The van der Waals surface area contributed by atoms with Crippen LogP contribution in [-0.4, -0.2) is 11.2 Å². The Labute approximate surface area is 114 Å². The highest BCUT2D eigenvalue weighted by Gasteiger charge is 2.07. The summed E-state index contributed by atoms with van der Waals surface area (Å²) in [6, 6.07) is 10.6. The van der Waals surface area contributed by atoms with E-state index in [9.17, 15) is 9.18 Å². The first-order valence-corrected chi connectivity index (χ1v) is 5.62. The molecule has 100 valence electrons. The molecule has 0 saturated carbocycles. The molecule has 0 bridgehead atoms. The average molecular weight is 271 g/mol. The van der Waals surface area contributed by atoms with Gasteiger partial charge in [0.1, 0.15) is 11.5 Å². The molecular formula is C15H10FNO3. The number of nitrogens with one attached hydrogen (secondary N) is 1. The highest BCUT2D eigenvalue weighted by Crippen LogP contribution is 2.26. The number of amides is 1. The summed E-state index contributed by atoms with van der Waals surface area (Å²) in [4.78, 5) is 10.4. The monoisotopic (exact) mass is 271 g/mol. The number of hydrogen-bond acceptors (Lipinski definition) is 2. The lowest BCUT2D eigenvalue weighted by Gasteiger charge is -2.08. The van der Waals surface area contributed by atoms with Crippen molar-refractivity contribution in [3.63, 3.8) is 0 Å². The van der Waals surface area contributed by atoms with Gasteiger partial charge in [0.05, 0.1) is 5.69 Å². The first-order valence-electron chi connectivity index (χ1n) is 5.62. The highest BCUT2D eigenvalue weighted by atomic mass is 19.1. The smallest absolute Gasteiger partial charge is 0.409 e. The topological polar surface area (TPSA) is 58.6 Å². The van der Waals surface area contributed by atoms with Gasteiger partial charge in [0.25, 0.3) is 0 Å². The van der Waals surface area contributed by atoms with Crippen LogP contribution in [0.3, 0.4) is 0 Å². The van der Waals surface area contributed by atoms with Crippen molar-refractivity contribution in [1.29, 1.82) is 0 Å². The maximum absolute atomic E-state index is 13.6. The van der Waals surface area contributed by atoms with Gasteiger partial charge in [-0.2, -0.15) is 0 Å². The highest BCUT2D eigenvalue weighted by molar-refractivity contribution is 5.83. The molecule has 4 nitrogen and oxygen atoms in total. The molecule has 2 aromatic rings. The van der Waals surface area contributed by atoms with Crippen LogP contribution in [-0.2, 0) is 0 Å². The normalized spacial score (nSPS) is 9.60. The zero-order valence-corrected chi connectivity index (χ0v) is 10.3. The third kappa shape index (κ3) is 3.27. The van der Waals surface area contributed by atoms with Gasteiger partial charge in [0.15, 0.2) is 5.82 Å². The number of terminal acetylenes is 1. The number of benzene rings is 2. The molecule has 0 heterocycles. The second kappa shape index (κ2) is 5.76. The van der Waals surface area contributed by atoms with Crippen LogP contribution in [0.5, 0.6) is 11.5 Å². The van der Waals surface area contributed by atoms with Crippen LogP contribution in [0.2, 0.25) is 0 Å². The van der Waals surface area contributed by atoms with Crippen molar-refractivity contribution in [2.24, 2.45) is 0 Å². The molecule has 5 heteroatoms. The van der Waals surface area contributed by atoms with E-state index in [1.807, 2.05) is 5.32 Å². The maximum Gasteiger partial charge on any atom is 0.409 e. The molecule has 0 atom stereocenters. The van der Waals surface area contributed by atoms with E-state index in [1.165, 1.54) is 12.1 Å². The molecule has 0 aliphatic carbocycles. The van der Waals surface area contributed by atoms with Crippen molar-refractivity contribution in [1.82, 2.24) is 0 Å². The SMILES string of the molecule is C#Cc1cccc(Oc2ccc(NC(=O)O)c(F)c2)c1. The van der Waals surface area contributed by atoms with E-state index in [4.69, 9.17) is 16.3 Å². The summed E-state index contributed by atoms with van der Waals surface area (Å²) < 4.78 is 19.1. The molecule has 0 aromatic heterocycles. The van der Waals surface area contributed by atoms with Gasteiger partial charge in [-0.25, -0.2) is 9.18 Å². The summed E-state index contributed by atoms with van der Waals surface area (Å²) in [7, 11) is 0. The zero-order valence-electron chi connectivity index (χ0n) is 10.3. The molecule has 0 fully saturated rings. The molecule has 2 rings (SSSR count). The fourth-order valence-electron chi connectivity index (χ4n) is 1.56. The van der Waals surface area contributed by atoms with Gasteiger partial charge in [0.2, 0.25) is 0 Å². The van der Waals surface area contributed by atoms with Gasteiger partial charge in [-0.1, -0.05) is 12.0 Å². The molecule has 0 aliphatic heterocycles. The number of ether oxygens (including phenoxy) is 1. The standard InChI is InChI=1S/C15H10FNO3/c1-2-10-4-3-5-11(8-10)20-12-6-7-14(13(16)9-12)17-15(18)19/h1,3-9,17H,(H,18,19). The van der Waals surface area contributed by atoms with Crippen molar-refractivity contribution >= 4 is 11.8 Å². The molecule has 1 amide bonds. The molecule has 20 heavy (non-hydrogen) atoms. The predicted octanol–water partition coefficient (Wildman–Crippen LogP) is 3.69. The number of anilines is 1. The Morgan fingerprint density at radius 2 is 2.00 bits per heavy atom. The van der Waals surface area contributed by atoms with Crippen molar-refractivity contribution in [2.75, 3.05) is 5.32 Å². The number of carboxylic acid groups (broad SMARTS) is 1. The minimum Gasteiger partial charge on any atom is -0.465 e. The van der Waals surface area contributed by atoms with E-state index in [-0.39, 0.29) is 11.4 Å². The minimum atomic E-state index is -1.33. The minimum absolute atomic E-state index is 0.137. The van der Waals surface area contributed by atoms with Crippen LogP contribution in [0.4, 0.5) is 14.9 Å². The summed E-state index contributed by atoms with van der Waals surface area (Å²) >= 11 is 0. The van der Waals surface area contributed by atoms with Gasteiger partial charge in [-0.05, 0) is 30.3 Å². The van der Waals surface area contributed by atoms with Crippen molar-refractivity contribution < 1.29 is 19.0 Å². The maximum atomic E-state index is 13.6. The van der Waals surface area contributed by atoms with Crippen LogP contribution in [0.25, 0.3) is 0 Å². The molecule has 0 radical (unpaired) electrons. The van der Waals surface area contributed by atoms with Crippen molar-refractivity contribution in [3.05, 3.63) is 53.8 Å². The van der Waals surface area contributed by atoms with E-state index in [0.29, 0.717) is 11.3 Å². The quantitative estimate of drug-likeness (QED) is 0.837. The van der Waals surface area contributed by atoms with Crippen LogP contribution in [0.1, 0.15) is 5.56 Å². The second-order valence-electron chi connectivity index (χ2n) is 3.85. The molecule has 0 unspecified atom stereocenters. The van der Waals surface area contributed by atoms with E-state index in [0.717, 1.165) is 6.07 Å². The van der Waals surface area contributed by atoms with Crippen LogP contribution >= 0.6 is 0 Å². The van der Waals surface area contributed by atoms with E-state index >= 15 is 0 Å². The lowest BCUT2D eigenvalue weighted by molar-refractivity contribution is 0.209. The van der Waals surface area contributed by atoms with Crippen molar-refractivity contribution in [2.45, 2.75) is 0 Å². The Kier molecular flexibility index (Phi) is 3.87. The summed E-state index contributed by atoms with van der Waals surface area (Å²) in [5.74, 6) is 2.46. The van der Waals surface area contributed by atoms with Gasteiger partial charge < -0.3 is 9.84 Å². The number of carbonyl (C=O) groups is 1. The van der Waals surface area contributed by atoms with Gasteiger partial charge in [-0.3, -0.25) is 5.32 Å². The Morgan fingerprint density at radius 1 is 1.25 bits per heavy atom. The number of hydrogen-bond donors (Lipinski definition) is 2. The Balaban J connectivity index is 2.20. The number of halogens is 1. The average Bonchev–Trinajstić information content (AvgIpc) is 2.42. The fraction of sp³-hybridized carbons (Fsp3) is 0. The summed E-state index contributed by atoms with van der Waals surface area (Å²) in [5.41, 5.74) is 0.509. The molecule has 0 aliphatic rings.